The van der Waals surface area contributed by atoms with Crippen molar-refractivity contribution in [2.75, 3.05) is 0 Å². The van der Waals surface area contributed by atoms with E-state index in [-0.39, 0.29) is 23.6 Å². The average Bonchev–Trinajstić information content (AvgIpc) is 3.21. The summed E-state index contributed by atoms with van der Waals surface area (Å²) < 4.78 is 2.14. The van der Waals surface area contributed by atoms with Gasteiger partial charge in [-0.15, -0.1) is 11.3 Å². The molecule has 2 N–H and O–H groups in total. The Morgan fingerprint density at radius 3 is 2.71 bits per heavy atom. The number of carbonyl (C=O) groups is 1. The standard InChI is InChI=1S/C20H21N5O2S/c1-10(2)25-14-8-6-5-7-13(14)24-17(25)12(4)23-19(27)16-11(3)15-18(26)21-9-22-20(15)28-16/h5-10,12H,1-4H3,(H,23,27)(H,21,22,26)/t12-/m0/s1. The SMILES string of the molecule is Cc1c(C(=O)N[C@@H](C)c2nc3ccccc3n2C(C)C)sc2nc[nH]c(=O)c12. The zero-order valence-electron chi connectivity index (χ0n) is 16.1. The van der Waals surface area contributed by atoms with Gasteiger partial charge in [0.2, 0.25) is 0 Å². The summed E-state index contributed by atoms with van der Waals surface area (Å²) in [7, 11) is 0. The molecule has 0 radical (unpaired) electrons. The Morgan fingerprint density at radius 1 is 1.25 bits per heavy atom. The first-order chi connectivity index (χ1) is 13.4. The van der Waals surface area contributed by atoms with Crippen molar-refractivity contribution in [1.29, 1.82) is 0 Å². The number of aromatic nitrogens is 4. The lowest BCUT2D eigenvalue weighted by Gasteiger charge is -2.18. The minimum Gasteiger partial charge on any atom is -0.342 e. The van der Waals surface area contributed by atoms with Crippen molar-refractivity contribution < 1.29 is 4.79 Å². The molecular formula is C20H21N5O2S. The number of hydrogen-bond donors (Lipinski definition) is 2. The third-order valence-electron chi connectivity index (χ3n) is 4.81. The van der Waals surface area contributed by atoms with Crippen LogP contribution in [-0.4, -0.2) is 25.4 Å². The predicted molar refractivity (Wildman–Crippen MR) is 111 cm³/mol. The van der Waals surface area contributed by atoms with Crippen molar-refractivity contribution in [3.63, 3.8) is 0 Å². The van der Waals surface area contributed by atoms with Crippen molar-refractivity contribution in [3.05, 3.63) is 57.2 Å². The Morgan fingerprint density at radius 2 is 2.00 bits per heavy atom. The second kappa shape index (κ2) is 6.87. The molecule has 1 aromatic carbocycles. The number of nitrogens with one attached hydrogen (secondary N) is 2. The largest absolute Gasteiger partial charge is 0.342 e. The molecule has 4 rings (SSSR count). The summed E-state index contributed by atoms with van der Waals surface area (Å²) in [4.78, 5) is 37.6. The van der Waals surface area contributed by atoms with Crippen molar-refractivity contribution in [2.45, 2.75) is 39.8 Å². The van der Waals surface area contributed by atoms with Crippen LogP contribution in [0.15, 0.2) is 35.4 Å². The van der Waals surface area contributed by atoms with Crippen LogP contribution in [-0.2, 0) is 0 Å². The minimum atomic E-state index is -0.293. The van der Waals surface area contributed by atoms with Gasteiger partial charge >= 0.3 is 0 Å². The van der Waals surface area contributed by atoms with Crippen LogP contribution in [0.3, 0.4) is 0 Å². The van der Waals surface area contributed by atoms with E-state index in [9.17, 15) is 9.59 Å². The number of fused-ring (bicyclic) bond motifs is 2. The van der Waals surface area contributed by atoms with Gasteiger partial charge in [-0.05, 0) is 45.4 Å². The van der Waals surface area contributed by atoms with Gasteiger partial charge in [0.15, 0.2) is 0 Å². The number of amides is 1. The lowest BCUT2D eigenvalue weighted by Crippen LogP contribution is -2.29. The first-order valence-electron chi connectivity index (χ1n) is 9.13. The number of nitrogens with zero attached hydrogens (tertiary/aromatic N) is 3. The molecule has 0 saturated heterocycles. The first-order valence-corrected chi connectivity index (χ1v) is 9.94. The predicted octanol–water partition coefficient (Wildman–Crippen LogP) is 3.71. The Bertz CT molecular complexity index is 1250. The van der Waals surface area contributed by atoms with E-state index in [4.69, 9.17) is 4.98 Å². The molecule has 0 aliphatic carbocycles. The van der Waals surface area contributed by atoms with Crippen molar-refractivity contribution in [2.24, 2.45) is 0 Å². The summed E-state index contributed by atoms with van der Waals surface area (Å²) in [6.45, 7) is 7.89. The fraction of sp³-hybridized carbons (Fsp3) is 0.300. The molecule has 0 spiro atoms. The molecule has 1 atom stereocenters. The molecule has 0 saturated carbocycles. The molecule has 0 aliphatic heterocycles. The maximum Gasteiger partial charge on any atom is 0.262 e. The van der Waals surface area contributed by atoms with Gasteiger partial charge in [0, 0.05) is 6.04 Å². The Kier molecular flexibility index (Phi) is 4.50. The van der Waals surface area contributed by atoms with Crippen molar-refractivity contribution >= 4 is 38.5 Å². The van der Waals surface area contributed by atoms with E-state index >= 15 is 0 Å². The van der Waals surface area contributed by atoms with E-state index < -0.39 is 0 Å². The Hall–Kier alpha value is -3.00. The van der Waals surface area contributed by atoms with Crippen LogP contribution in [0, 0.1) is 6.92 Å². The van der Waals surface area contributed by atoms with E-state index in [1.165, 1.54) is 17.7 Å². The van der Waals surface area contributed by atoms with Gasteiger partial charge in [0.1, 0.15) is 10.7 Å². The van der Waals surface area contributed by atoms with Gasteiger partial charge in [0.05, 0.1) is 33.7 Å². The highest BCUT2D eigenvalue weighted by molar-refractivity contribution is 7.20. The number of carbonyl (C=O) groups excluding carboxylic acids is 1. The first kappa shape index (κ1) is 18.4. The summed E-state index contributed by atoms with van der Waals surface area (Å²) in [6, 6.07) is 7.86. The highest BCUT2D eigenvalue weighted by Crippen LogP contribution is 2.28. The second-order valence-corrected chi connectivity index (χ2v) is 8.08. The maximum absolute atomic E-state index is 12.9. The number of H-pyrrole nitrogens is 1. The number of imidazole rings is 1. The van der Waals surface area contributed by atoms with Crippen LogP contribution in [0.25, 0.3) is 21.3 Å². The molecule has 3 heterocycles. The van der Waals surface area contributed by atoms with E-state index in [2.05, 4.69) is 33.7 Å². The van der Waals surface area contributed by atoms with Crippen LogP contribution in [0.5, 0.6) is 0 Å². The molecule has 1 amide bonds. The van der Waals surface area contributed by atoms with Crippen LogP contribution >= 0.6 is 11.3 Å². The van der Waals surface area contributed by atoms with Gasteiger partial charge in [-0.25, -0.2) is 9.97 Å². The fourth-order valence-electron chi connectivity index (χ4n) is 3.53. The lowest BCUT2D eigenvalue weighted by atomic mass is 10.2. The highest BCUT2D eigenvalue weighted by Gasteiger charge is 2.23. The number of aryl methyl sites for hydroxylation is 1. The number of hydrogen-bond acceptors (Lipinski definition) is 5. The average molecular weight is 395 g/mol. The normalized spacial score (nSPS) is 12.8. The van der Waals surface area contributed by atoms with Crippen LogP contribution in [0.2, 0.25) is 0 Å². The Balaban J connectivity index is 1.70. The quantitative estimate of drug-likeness (QED) is 0.551. The summed E-state index contributed by atoms with van der Waals surface area (Å²) in [5, 5.41) is 3.51. The van der Waals surface area contributed by atoms with Gasteiger partial charge in [0.25, 0.3) is 11.5 Å². The number of benzene rings is 1. The van der Waals surface area contributed by atoms with E-state index in [1.807, 2.05) is 31.2 Å². The number of para-hydroxylation sites is 2. The van der Waals surface area contributed by atoms with E-state index in [1.54, 1.807) is 6.92 Å². The number of aromatic amines is 1. The second-order valence-electron chi connectivity index (χ2n) is 7.09. The van der Waals surface area contributed by atoms with E-state index in [0.29, 0.717) is 20.7 Å². The van der Waals surface area contributed by atoms with Crippen LogP contribution in [0.4, 0.5) is 0 Å². The third kappa shape index (κ3) is 2.90. The summed E-state index contributed by atoms with van der Waals surface area (Å²) >= 11 is 1.23. The van der Waals surface area contributed by atoms with Crippen molar-refractivity contribution in [1.82, 2.24) is 24.8 Å². The minimum absolute atomic E-state index is 0.204. The highest BCUT2D eigenvalue weighted by atomic mass is 32.1. The van der Waals surface area contributed by atoms with Crippen LogP contribution < -0.4 is 10.9 Å². The summed E-state index contributed by atoms with van der Waals surface area (Å²) in [5.74, 6) is 0.578. The molecule has 144 valence electrons. The summed E-state index contributed by atoms with van der Waals surface area (Å²) in [6.07, 6.45) is 1.36. The molecule has 4 aromatic rings. The zero-order valence-corrected chi connectivity index (χ0v) is 16.9. The zero-order chi connectivity index (χ0) is 20.0. The van der Waals surface area contributed by atoms with Gasteiger partial charge in [-0.2, -0.15) is 0 Å². The number of thiophene rings is 1. The molecule has 7 nitrogen and oxygen atoms in total. The molecular weight excluding hydrogens is 374 g/mol. The van der Waals surface area contributed by atoms with E-state index in [0.717, 1.165) is 16.9 Å². The van der Waals surface area contributed by atoms with Gasteiger partial charge < -0.3 is 14.9 Å². The molecule has 0 bridgehead atoms. The monoisotopic (exact) mass is 395 g/mol. The maximum atomic E-state index is 12.9. The van der Waals surface area contributed by atoms with Crippen LogP contribution in [0.1, 0.15) is 53.9 Å². The molecule has 0 aliphatic rings. The van der Waals surface area contributed by atoms with Crippen molar-refractivity contribution in [3.8, 4) is 0 Å². The topological polar surface area (TPSA) is 92.7 Å². The smallest absolute Gasteiger partial charge is 0.262 e. The fourth-order valence-corrected chi connectivity index (χ4v) is 4.59. The van der Waals surface area contributed by atoms with Gasteiger partial charge in [-0.3, -0.25) is 9.59 Å². The molecule has 0 unspecified atom stereocenters. The third-order valence-corrected chi connectivity index (χ3v) is 6.01. The van der Waals surface area contributed by atoms with Gasteiger partial charge in [-0.1, -0.05) is 12.1 Å². The molecule has 3 aromatic heterocycles. The summed E-state index contributed by atoms with van der Waals surface area (Å²) in [5.41, 5.74) is 2.37. The number of rotatable bonds is 4. The lowest BCUT2D eigenvalue weighted by molar-refractivity contribution is 0.0941. The molecule has 28 heavy (non-hydrogen) atoms. The molecule has 0 fully saturated rings. The Labute approximate surface area is 165 Å². The molecule has 8 heteroatoms.